The maximum atomic E-state index is 14.7. The second kappa shape index (κ2) is 13.1. The zero-order valence-electron chi connectivity index (χ0n) is 22.8. The molecule has 5 rings (SSSR count). The molecule has 0 aliphatic carbocycles. The van der Waals surface area contributed by atoms with Crippen LogP contribution in [0, 0.1) is 11.3 Å². The number of halogens is 1. The van der Waals surface area contributed by atoms with Crippen LogP contribution in [0.1, 0.15) is 71.6 Å². The summed E-state index contributed by atoms with van der Waals surface area (Å²) in [6.45, 7) is 11.2. The Balaban J connectivity index is 1.49. The van der Waals surface area contributed by atoms with Crippen molar-refractivity contribution < 1.29 is 9.50 Å². The van der Waals surface area contributed by atoms with Crippen LogP contribution >= 0.6 is 0 Å². The lowest BCUT2D eigenvalue weighted by atomic mass is 9.69. The number of hydrogen-bond acceptors (Lipinski definition) is 8. The van der Waals surface area contributed by atoms with Gasteiger partial charge < -0.3 is 32.1 Å². The summed E-state index contributed by atoms with van der Waals surface area (Å²) in [5, 5.41) is 22.2. The predicted octanol–water partition coefficient (Wildman–Crippen LogP) is 0.941. The fourth-order valence-corrected chi connectivity index (χ4v) is 7.80. The van der Waals surface area contributed by atoms with E-state index in [1.165, 1.54) is 25.9 Å². The largest absolute Gasteiger partial charge is 0.378 e. The Morgan fingerprint density at radius 3 is 2.56 bits per heavy atom. The highest BCUT2D eigenvalue weighted by Crippen LogP contribution is 2.41. The number of aliphatic hydroxyl groups is 1. The van der Waals surface area contributed by atoms with Gasteiger partial charge in [-0.15, -0.1) is 0 Å². The van der Waals surface area contributed by atoms with E-state index in [2.05, 4.69) is 39.6 Å². The Labute approximate surface area is 218 Å². The Kier molecular flexibility index (Phi) is 10.4. The molecule has 0 spiro atoms. The van der Waals surface area contributed by atoms with Gasteiger partial charge in [-0.3, -0.25) is 10.2 Å². The third kappa shape index (κ3) is 6.78. The minimum atomic E-state index is -0.878. The van der Waals surface area contributed by atoms with Crippen molar-refractivity contribution in [3.63, 3.8) is 0 Å². The zero-order chi connectivity index (χ0) is 25.7. The van der Waals surface area contributed by atoms with Crippen LogP contribution in [0.15, 0.2) is 0 Å². The second-order valence-corrected chi connectivity index (χ2v) is 12.2. The summed E-state index contributed by atoms with van der Waals surface area (Å²) < 4.78 is 14.7. The summed E-state index contributed by atoms with van der Waals surface area (Å²) in [4.78, 5) is 5.31. The molecule has 0 aromatic rings. The van der Waals surface area contributed by atoms with E-state index >= 15 is 0 Å². The number of alkyl halides is 1. The molecular weight excluding hydrogens is 457 g/mol. The lowest BCUT2D eigenvalue weighted by molar-refractivity contribution is -0.00803. The summed E-state index contributed by atoms with van der Waals surface area (Å²) in [6, 6.07) is 1.01. The first kappa shape index (κ1) is 28.6. The highest BCUT2D eigenvalue weighted by Gasteiger charge is 2.43. The van der Waals surface area contributed by atoms with Crippen LogP contribution in [0.4, 0.5) is 4.39 Å². The maximum Gasteiger partial charge on any atom is 0.113 e. The van der Waals surface area contributed by atoms with Crippen molar-refractivity contribution >= 4 is 0 Å². The molecule has 0 aromatic heterocycles. The molecule has 5 fully saturated rings. The standard InChI is InChI=1S/C27H54FN7O/c1-3-9-27(4-2)10-5-19(28)17-32-21(16-27)24(25(29)30)26(36)33-22-18-31-11-6-23(22)35-15-14-34-12-7-20(35)8-13-34/h19-26,31-33,36H,3-18,29-30H2,1-2H3. The van der Waals surface area contributed by atoms with Crippen LogP contribution < -0.4 is 27.4 Å². The van der Waals surface area contributed by atoms with E-state index in [-0.39, 0.29) is 17.5 Å². The molecule has 0 saturated carbocycles. The van der Waals surface area contributed by atoms with Gasteiger partial charge in [0.05, 0.1) is 6.17 Å². The smallest absolute Gasteiger partial charge is 0.113 e. The van der Waals surface area contributed by atoms with Gasteiger partial charge in [0, 0.05) is 56.3 Å². The topological polar surface area (TPSA) is 115 Å². The molecule has 210 valence electrons. The Morgan fingerprint density at radius 1 is 1.08 bits per heavy atom. The van der Waals surface area contributed by atoms with Gasteiger partial charge in [0.1, 0.15) is 12.4 Å². The van der Waals surface area contributed by atoms with Crippen LogP contribution in [-0.4, -0.2) is 103 Å². The Morgan fingerprint density at radius 2 is 1.86 bits per heavy atom. The first-order valence-corrected chi connectivity index (χ1v) is 14.9. The van der Waals surface area contributed by atoms with Gasteiger partial charge in [0.2, 0.25) is 0 Å². The van der Waals surface area contributed by atoms with Gasteiger partial charge in [-0.05, 0) is 70.0 Å². The number of hydrogen-bond donors (Lipinski definition) is 6. The van der Waals surface area contributed by atoms with Crippen molar-refractivity contribution in [1.29, 1.82) is 0 Å². The summed E-state index contributed by atoms with van der Waals surface area (Å²) in [6.07, 6.45) is 6.60. The maximum absolute atomic E-state index is 14.7. The molecule has 36 heavy (non-hydrogen) atoms. The SMILES string of the molecule is CCCC1(CC)CCC(F)CNC(C(C(N)N)C(O)NC2CNCCC2N2CCN3CCC2CC3)C1. The third-order valence-electron chi connectivity index (χ3n) is 10.0. The lowest BCUT2D eigenvalue weighted by Gasteiger charge is -2.47. The van der Waals surface area contributed by atoms with Crippen molar-refractivity contribution in [3.8, 4) is 0 Å². The molecule has 7 atom stereocenters. The summed E-state index contributed by atoms with van der Waals surface area (Å²) in [5.74, 6) is -0.397. The third-order valence-corrected chi connectivity index (χ3v) is 10.0. The van der Waals surface area contributed by atoms with E-state index in [1.54, 1.807) is 0 Å². The van der Waals surface area contributed by atoms with Crippen molar-refractivity contribution in [2.45, 2.75) is 114 Å². The fourth-order valence-electron chi connectivity index (χ4n) is 7.80. The number of nitrogens with two attached hydrogens (primary N) is 2. The molecule has 5 aliphatic heterocycles. The van der Waals surface area contributed by atoms with E-state index in [4.69, 9.17) is 11.5 Å². The molecule has 9 heteroatoms. The van der Waals surface area contributed by atoms with Crippen LogP contribution in [0.3, 0.4) is 0 Å². The number of fused-ring (bicyclic) bond motifs is 4. The lowest BCUT2D eigenvalue weighted by Crippen LogP contribution is -2.66. The minimum Gasteiger partial charge on any atom is -0.378 e. The summed E-state index contributed by atoms with van der Waals surface area (Å²) >= 11 is 0. The molecule has 5 heterocycles. The molecule has 0 amide bonds. The molecule has 8 nitrogen and oxygen atoms in total. The van der Waals surface area contributed by atoms with E-state index in [1.807, 2.05) is 0 Å². The highest BCUT2D eigenvalue weighted by molar-refractivity contribution is 4.99. The van der Waals surface area contributed by atoms with Crippen LogP contribution in [0.5, 0.6) is 0 Å². The molecule has 8 N–H and O–H groups in total. The van der Waals surface area contributed by atoms with Crippen molar-refractivity contribution in [3.05, 3.63) is 0 Å². The normalized spacial score (nSPS) is 40.4. The first-order chi connectivity index (χ1) is 17.4. The highest BCUT2D eigenvalue weighted by atomic mass is 19.1. The van der Waals surface area contributed by atoms with Gasteiger partial charge in [0.15, 0.2) is 0 Å². The van der Waals surface area contributed by atoms with Crippen molar-refractivity contribution in [2.75, 3.05) is 45.8 Å². The van der Waals surface area contributed by atoms with E-state index < -0.39 is 24.5 Å². The Bertz CT molecular complexity index is 664. The summed E-state index contributed by atoms with van der Waals surface area (Å²) in [5.41, 5.74) is 12.8. The van der Waals surface area contributed by atoms with Crippen LogP contribution in [0.25, 0.3) is 0 Å². The number of nitrogens with zero attached hydrogens (tertiary/aromatic N) is 2. The van der Waals surface area contributed by atoms with Crippen LogP contribution in [-0.2, 0) is 0 Å². The van der Waals surface area contributed by atoms with Crippen molar-refractivity contribution in [2.24, 2.45) is 22.8 Å². The molecular formula is C27H54FN7O. The van der Waals surface area contributed by atoms with E-state index in [9.17, 15) is 9.50 Å². The molecule has 5 saturated heterocycles. The monoisotopic (exact) mass is 511 g/mol. The van der Waals surface area contributed by atoms with Gasteiger partial charge in [0.25, 0.3) is 0 Å². The molecule has 5 aliphatic rings. The molecule has 0 radical (unpaired) electrons. The van der Waals surface area contributed by atoms with Crippen LogP contribution in [0.2, 0.25) is 0 Å². The summed E-state index contributed by atoms with van der Waals surface area (Å²) in [7, 11) is 0. The molecule has 7 unspecified atom stereocenters. The van der Waals surface area contributed by atoms with E-state index in [0.29, 0.717) is 25.0 Å². The van der Waals surface area contributed by atoms with Gasteiger partial charge in [-0.2, -0.15) is 0 Å². The average Bonchev–Trinajstić information content (AvgIpc) is 3.19. The quantitative estimate of drug-likeness (QED) is 0.254. The second-order valence-electron chi connectivity index (χ2n) is 12.2. The number of nitrogens with one attached hydrogen (secondary N) is 3. The van der Waals surface area contributed by atoms with Gasteiger partial charge >= 0.3 is 0 Å². The first-order valence-electron chi connectivity index (χ1n) is 14.9. The number of aliphatic hydroxyl groups excluding tert-OH is 1. The van der Waals surface area contributed by atoms with E-state index in [0.717, 1.165) is 64.7 Å². The number of rotatable bonds is 9. The Hall–Kier alpha value is -0.390. The van der Waals surface area contributed by atoms with Gasteiger partial charge in [-0.1, -0.05) is 26.7 Å². The fraction of sp³-hybridized carbons (Fsp3) is 1.00. The van der Waals surface area contributed by atoms with Gasteiger partial charge in [-0.25, -0.2) is 4.39 Å². The minimum absolute atomic E-state index is 0.0549. The number of piperidine rings is 2. The molecule has 0 aromatic carbocycles. The molecule has 2 bridgehead atoms. The average molecular weight is 512 g/mol. The zero-order valence-corrected chi connectivity index (χ0v) is 22.8. The predicted molar refractivity (Wildman–Crippen MR) is 144 cm³/mol. The van der Waals surface area contributed by atoms with Crippen molar-refractivity contribution in [1.82, 2.24) is 25.8 Å².